The molecule has 0 aliphatic carbocycles. The molecular formula is C17H23NO4. The van der Waals surface area contributed by atoms with Gasteiger partial charge in [0.1, 0.15) is 17.6 Å². The number of ether oxygens (including phenoxy) is 3. The predicted octanol–water partition coefficient (Wildman–Crippen LogP) is 2.18. The molecule has 120 valence electrons. The van der Waals surface area contributed by atoms with Crippen LogP contribution in [0.25, 0.3) is 6.08 Å². The highest BCUT2D eigenvalue weighted by molar-refractivity contribution is 5.92. The molecule has 0 saturated carbocycles. The van der Waals surface area contributed by atoms with Gasteiger partial charge in [-0.3, -0.25) is 4.79 Å². The zero-order valence-electron chi connectivity index (χ0n) is 13.3. The van der Waals surface area contributed by atoms with Crippen LogP contribution in [-0.4, -0.2) is 38.9 Å². The first-order valence-electron chi connectivity index (χ1n) is 7.55. The van der Waals surface area contributed by atoms with E-state index < -0.39 is 0 Å². The van der Waals surface area contributed by atoms with Gasteiger partial charge in [-0.25, -0.2) is 0 Å². The average Bonchev–Trinajstić information content (AvgIpc) is 2.84. The molecule has 1 aromatic carbocycles. The molecule has 1 aromatic rings. The van der Waals surface area contributed by atoms with E-state index in [1.165, 1.54) is 6.08 Å². The van der Waals surface area contributed by atoms with Crippen molar-refractivity contribution in [3.05, 3.63) is 29.3 Å². The van der Waals surface area contributed by atoms with Crippen molar-refractivity contribution in [2.24, 2.45) is 0 Å². The monoisotopic (exact) mass is 305 g/mol. The molecule has 1 unspecified atom stereocenters. The Morgan fingerprint density at radius 3 is 3.05 bits per heavy atom. The van der Waals surface area contributed by atoms with Gasteiger partial charge in [-0.1, -0.05) is 0 Å². The second-order valence-electron chi connectivity index (χ2n) is 5.18. The summed E-state index contributed by atoms with van der Waals surface area (Å²) in [6.45, 7) is 5.55. The van der Waals surface area contributed by atoms with Gasteiger partial charge in [0.25, 0.3) is 0 Å². The number of rotatable bonds is 7. The largest absolute Gasteiger partial charge is 0.493 e. The van der Waals surface area contributed by atoms with Crippen LogP contribution in [0, 0.1) is 0 Å². The number of nitrogens with one attached hydrogen (secondary N) is 1. The molecule has 1 aliphatic heterocycles. The number of methoxy groups -OCH3 is 1. The van der Waals surface area contributed by atoms with E-state index in [-0.39, 0.29) is 12.0 Å². The second kappa shape index (κ2) is 7.84. The molecule has 1 atom stereocenters. The summed E-state index contributed by atoms with van der Waals surface area (Å²) in [6, 6.07) is 3.94. The van der Waals surface area contributed by atoms with E-state index >= 15 is 0 Å². The van der Waals surface area contributed by atoms with Crippen molar-refractivity contribution >= 4 is 12.0 Å². The van der Waals surface area contributed by atoms with Gasteiger partial charge in [0.15, 0.2) is 0 Å². The van der Waals surface area contributed by atoms with Gasteiger partial charge in [-0.15, -0.1) is 0 Å². The lowest BCUT2D eigenvalue weighted by Crippen LogP contribution is -2.24. The zero-order valence-corrected chi connectivity index (χ0v) is 13.3. The van der Waals surface area contributed by atoms with Crippen LogP contribution >= 0.6 is 0 Å². The van der Waals surface area contributed by atoms with Crippen LogP contribution in [-0.2, 0) is 16.0 Å². The number of hydrogen-bond donors (Lipinski definition) is 1. The SMILES string of the molecule is CCOc1cc2c(cc1/C=C/C(=O)NCCOC)OC(C)C2. The third-order valence-electron chi connectivity index (χ3n) is 3.35. The van der Waals surface area contributed by atoms with Gasteiger partial charge in [0.05, 0.1) is 13.2 Å². The van der Waals surface area contributed by atoms with Gasteiger partial charge in [0, 0.05) is 37.3 Å². The second-order valence-corrected chi connectivity index (χ2v) is 5.18. The summed E-state index contributed by atoms with van der Waals surface area (Å²) in [6.07, 6.45) is 4.32. The molecule has 1 aliphatic rings. The minimum absolute atomic E-state index is 0.158. The van der Waals surface area contributed by atoms with Crippen molar-refractivity contribution in [3.8, 4) is 11.5 Å². The fourth-order valence-electron chi connectivity index (χ4n) is 2.37. The number of carbonyl (C=O) groups is 1. The summed E-state index contributed by atoms with van der Waals surface area (Å²) in [5.74, 6) is 1.49. The minimum Gasteiger partial charge on any atom is -0.493 e. The van der Waals surface area contributed by atoms with Crippen molar-refractivity contribution in [1.82, 2.24) is 5.32 Å². The molecule has 2 rings (SSSR count). The molecule has 5 heteroatoms. The zero-order chi connectivity index (χ0) is 15.9. The molecule has 22 heavy (non-hydrogen) atoms. The third kappa shape index (κ3) is 4.24. The maximum absolute atomic E-state index is 11.7. The number of benzene rings is 1. The van der Waals surface area contributed by atoms with Crippen LogP contribution in [0.4, 0.5) is 0 Å². The van der Waals surface area contributed by atoms with Crippen LogP contribution in [0.1, 0.15) is 25.0 Å². The number of fused-ring (bicyclic) bond motifs is 1. The minimum atomic E-state index is -0.158. The Morgan fingerprint density at radius 1 is 1.50 bits per heavy atom. The lowest BCUT2D eigenvalue weighted by atomic mass is 10.1. The summed E-state index contributed by atoms with van der Waals surface area (Å²) < 4.78 is 16.3. The highest BCUT2D eigenvalue weighted by Crippen LogP contribution is 2.35. The van der Waals surface area contributed by atoms with Crippen LogP contribution in [0.2, 0.25) is 0 Å². The lowest BCUT2D eigenvalue weighted by molar-refractivity contribution is -0.116. The molecule has 0 aromatic heterocycles. The Balaban J connectivity index is 2.12. The van der Waals surface area contributed by atoms with Crippen molar-refractivity contribution in [2.45, 2.75) is 26.4 Å². The first kappa shape index (κ1) is 16.4. The van der Waals surface area contributed by atoms with E-state index in [0.717, 1.165) is 29.0 Å². The van der Waals surface area contributed by atoms with Crippen molar-refractivity contribution in [1.29, 1.82) is 0 Å². The quantitative estimate of drug-likeness (QED) is 0.620. The molecule has 0 bridgehead atoms. The van der Waals surface area contributed by atoms with Crippen LogP contribution in [0.15, 0.2) is 18.2 Å². The van der Waals surface area contributed by atoms with E-state index in [4.69, 9.17) is 14.2 Å². The summed E-state index contributed by atoms with van der Waals surface area (Å²) in [4.78, 5) is 11.7. The van der Waals surface area contributed by atoms with E-state index in [1.54, 1.807) is 13.2 Å². The van der Waals surface area contributed by atoms with Gasteiger partial charge < -0.3 is 19.5 Å². The van der Waals surface area contributed by atoms with E-state index in [0.29, 0.717) is 19.8 Å². The van der Waals surface area contributed by atoms with Crippen LogP contribution in [0.5, 0.6) is 11.5 Å². The van der Waals surface area contributed by atoms with Crippen LogP contribution < -0.4 is 14.8 Å². The summed E-state index contributed by atoms with van der Waals surface area (Å²) in [7, 11) is 1.60. The Morgan fingerprint density at radius 2 is 2.32 bits per heavy atom. The van der Waals surface area contributed by atoms with Crippen molar-refractivity contribution < 1.29 is 19.0 Å². The van der Waals surface area contributed by atoms with E-state index in [9.17, 15) is 4.79 Å². The first-order valence-corrected chi connectivity index (χ1v) is 7.55. The maximum atomic E-state index is 11.7. The summed E-state index contributed by atoms with van der Waals surface area (Å²) in [5.41, 5.74) is 1.99. The highest BCUT2D eigenvalue weighted by Gasteiger charge is 2.21. The summed E-state index contributed by atoms with van der Waals surface area (Å²) >= 11 is 0. The van der Waals surface area contributed by atoms with Gasteiger partial charge >= 0.3 is 0 Å². The van der Waals surface area contributed by atoms with E-state index in [1.807, 2.05) is 26.0 Å². The highest BCUT2D eigenvalue weighted by atomic mass is 16.5. The molecule has 1 amide bonds. The van der Waals surface area contributed by atoms with E-state index in [2.05, 4.69) is 5.32 Å². The Bertz CT molecular complexity index is 554. The standard InChI is InChI=1S/C17H23NO4/c1-4-21-15-11-14-9-12(2)22-16(14)10-13(15)5-6-17(19)18-7-8-20-3/h5-6,10-12H,4,7-9H2,1-3H3,(H,18,19)/b6-5+. The molecule has 1 N–H and O–H groups in total. The fraction of sp³-hybridized carbons (Fsp3) is 0.471. The molecule has 5 nitrogen and oxygen atoms in total. The molecule has 1 heterocycles. The predicted molar refractivity (Wildman–Crippen MR) is 85.3 cm³/mol. The Labute approximate surface area is 131 Å². The van der Waals surface area contributed by atoms with Gasteiger partial charge in [0.2, 0.25) is 5.91 Å². The van der Waals surface area contributed by atoms with Gasteiger partial charge in [-0.2, -0.15) is 0 Å². The first-order chi connectivity index (χ1) is 10.6. The summed E-state index contributed by atoms with van der Waals surface area (Å²) in [5, 5.41) is 2.74. The van der Waals surface area contributed by atoms with Crippen molar-refractivity contribution in [3.63, 3.8) is 0 Å². The molecular weight excluding hydrogens is 282 g/mol. The fourth-order valence-corrected chi connectivity index (χ4v) is 2.37. The number of hydrogen-bond acceptors (Lipinski definition) is 4. The van der Waals surface area contributed by atoms with Crippen LogP contribution in [0.3, 0.4) is 0 Å². The van der Waals surface area contributed by atoms with Gasteiger partial charge in [-0.05, 0) is 32.1 Å². The average molecular weight is 305 g/mol. The smallest absolute Gasteiger partial charge is 0.244 e. The molecule has 0 fully saturated rings. The third-order valence-corrected chi connectivity index (χ3v) is 3.35. The van der Waals surface area contributed by atoms with Crippen molar-refractivity contribution in [2.75, 3.05) is 26.9 Å². The molecule has 0 spiro atoms. The topological polar surface area (TPSA) is 56.8 Å². The molecule has 0 saturated heterocycles. The number of amides is 1. The number of carbonyl (C=O) groups excluding carboxylic acids is 1. The molecule has 0 radical (unpaired) electrons. The Hall–Kier alpha value is -2.01. The Kier molecular flexibility index (Phi) is 5.83. The lowest BCUT2D eigenvalue weighted by Gasteiger charge is -2.10. The normalized spacial score (nSPS) is 16.4. The maximum Gasteiger partial charge on any atom is 0.244 e.